The van der Waals surface area contributed by atoms with E-state index in [0.29, 0.717) is 19.2 Å². The maximum absolute atomic E-state index is 9.18. The standard InChI is InChI=1S/C14H25N3O2/c1-12(2)16-11-13-5-4-6-15-14(13)17(7-9-18)8-10-19-3/h4-6,12,16,18H,7-11H2,1-3H3. The molecule has 5 heteroatoms. The molecule has 0 aliphatic carbocycles. The summed E-state index contributed by atoms with van der Waals surface area (Å²) in [5.41, 5.74) is 1.14. The summed E-state index contributed by atoms with van der Waals surface area (Å²) in [6, 6.07) is 4.43. The Bertz CT molecular complexity index is 358. The third-order valence-corrected chi connectivity index (χ3v) is 2.80. The molecule has 1 aromatic rings. The van der Waals surface area contributed by atoms with Crippen molar-refractivity contribution < 1.29 is 9.84 Å². The van der Waals surface area contributed by atoms with Crippen molar-refractivity contribution in [1.82, 2.24) is 10.3 Å². The Hall–Kier alpha value is -1.17. The van der Waals surface area contributed by atoms with Gasteiger partial charge in [-0.05, 0) is 6.07 Å². The number of aromatic nitrogens is 1. The van der Waals surface area contributed by atoms with Gasteiger partial charge in [-0.3, -0.25) is 0 Å². The van der Waals surface area contributed by atoms with Gasteiger partial charge >= 0.3 is 0 Å². The predicted octanol–water partition coefficient (Wildman–Crippen LogP) is 1.02. The highest BCUT2D eigenvalue weighted by molar-refractivity contribution is 5.46. The number of aliphatic hydroxyl groups excluding tert-OH is 1. The zero-order chi connectivity index (χ0) is 14.1. The molecule has 1 rings (SSSR count). The molecule has 19 heavy (non-hydrogen) atoms. The average Bonchev–Trinajstić information content (AvgIpc) is 2.41. The maximum atomic E-state index is 9.18. The number of pyridine rings is 1. The molecule has 0 unspecified atom stereocenters. The first-order chi connectivity index (χ1) is 9.19. The van der Waals surface area contributed by atoms with E-state index in [4.69, 9.17) is 4.74 Å². The van der Waals surface area contributed by atoms with E-state index in [9.17, 15) is 5.11 Å². The second kappa shape index (κ2) is 8.85. The number of nitrogens with zero attached hydrogens (tertiary/aromatic N) is 2. The Kier molecular flexibility index (Phi) is 7.40. The van der Waals surface area contributed by atoms with Crippen LogP contribution in [0.2, 0.25) is 0 Å². The Morgan fingerprint density at radius 3 is 2.84 bits per heavy atom. The highest BCUT2D eigenvalue weighted by atomic mass is 16.5. The van der Waals surface area contributed by atoms with Gasteiger partial charge in [-0.15, -0.1) is 0 Å². The van der Waals surface area contributed by atoms with E-state index in [1.807, 2.05) is 6.07 Å². The number of nitrogens with one attached hydrogen (secondary N) is 1. The number of rotatable bonds is 9. The molecule has 0 saturated heterocycles. The topological polar surface area (TPSA) is 57.6 Å². The van der Waals surface area contributed by atoms with Crippen LogP contribution in [-0.2, 0) is 11.3 Å². The number of anilines is 1. The maximum Gasteiger partial charge on any atom is 0.133 e. The van der Waals surface area contributed by atoms with Crippen molar-refractivity contribution in [2.75, 3.05) is 38.3 Å². The van der Waals surface area contributed by atoms with Crippen LogP contribution in [0.5, 0.6) is 0 Å². The molecule has 0 aliphatic rings. The zero-order valence-corrected chi connectivity index (χ0v) is 12.1. The molecule has 1 aromatic heterocycles. The normalized spacial score (nSPS) is 11.0. The first kappa shape index (κ1) is 15.9. The number of hydrogen-bond acceptors (Lipinski definition) is 5. The van der Waals surface area contributed by atoms with Crippen LogP contribution in [0, 0.1) is 0 Å². The Balaban J connectivity index is 2.81. The van der Waals surface area contributed by atoms with Gasteiger partial charge in [0.05, 0.1) is 13.2 Å². The lowest BCUT2D eigenvalue weighted by atomic mass is 10.2. The lowest BCUT2D eigenvalue weighted by molar-refractivity contribution is 0.202. The summed E-state index contributed by atoms with van der Waals surface area (Å²) in [6.45, 7) is 7.03. The van der Waals surface area contributed by atoms with Crippen LogP contribution in [0.25, 0.3) is 0 Å². The largest absolute Gasteiger partial charge is 0.395 e. The monoisotopic (exact) mass is 267 g/mol. The van der Waals surface area contributed by atoms with Gasteiger partial charge in [-0.25, -0.2) is 4.98 Å². The molecule has 0 amide bonds. The van der Waals surface area contributed by atoms with E-state index in [1.165, 1.54) is 0 Å². The van der Waals surface area contributed by atoms with Crippen LogP contribution in [0.1, 0.15) is 19.4 Å². The molecule has 2 N–H and O–H groups in total. The zero-order valence-electron chi connectivity index (χ0n) is 12.1. The summed E-state index contributed by atoms with van der Waals surface area (Å²) in [6.07, 6.45) is 1.78. The summed E-state index contributed by atoms with van der Waals surface area (Å²) in [5, 5.41) is 12.6. The van der Waals surface area contributed by atoms with Crippen LogP contribution in [0.4, 0.5) is 5.82 Å². The summed E-state index contributed by atoms with van der Waals surface area (Å²) >= 11 is 0. The van der Waals surface area contributed by atoms with Gasteiger partial charge in [-0.1, -0.05) is 19.9 Å². The van der Waals surface area contributed by atoms with Crippen LogP contribution in [-0.4, -0.2) is 49.5 Å². The molecule has 5 nitrogen and oxygen atoms in total. The van der Waals surface area contributed by atoms with Gasteiger partial charge in [0, 0.05) is 44.5 Å². The summed E-state index contributed by atoms with van der Waals surface area (Å²) < 4.78 is 5.11. The quantitative estimate of drug-likeness (QED) is 0.700. The minimum atomic E-state index is 0.108. The van der Waals surface area contributed by atoms with Gasteiger partial charge < -0.3 is 20.1 Å². The van der Waals surface area contributed by atoms with Crippen LogP contribution >= 0.6 is 0 Å². The van der Waals surface area contributed by atoms with Gasteiger partial charge in [0.1, 0.15) is 5.82 Å². The summed E-state index contributed by atoms with van der Waals surface area (Å²) in [4.78, 5) is 6.50. The van der Waals surface area contributed by atoms with Crippen LogP contribution in [0.15, 0.2) is 18.3 Å². The van der Waals surface area contributed by atoms with E-state index in [1.54, 1.807) is 13.3 Å². The highest BCUT2D eigenvalue weighted by Crippen LogP contribution is 2.16. The molecule has 0 spiro atoms. The Morgan fingerprint density at radius 2 is 2.21 bits per heavy atom. The third kappa shape index (κ3) is 5.55. The molecule has 1 heterocycles. The van der Waals surface area contributed by atoms with E-state index in [0.717, 1.165) is 24.5 Å². The van der Waals surface area contributed by atoms with Crippen molar-refractivity contribution >= 4 is 5.82 Å². The average molecular weight is 267 g/mol. The molecule has 0 saturated carbocycles. The number of ether oxygens (including phenoxy) is 1. The molecule has 0 aliphatic heterocycles. The second-order valence-corrected chi connectivity index (χ2v) is 4.73. The first-order valence-electron chi connectivity index (χ1n) is 6.71. The number of hydrogen-bond donors (Lipinski definition) is 2. The lowest BCUT2D eigenvalue weighted by Crippen LogP contribution is -2.33. The summed E-state index contributed by atoms with van der Waals surface area (Å²) in [5.74, 6) is 0.918. The van der Waals surface area contributed by atoms with Gasteiger partial charge in [0.15, 0.2) is 0 Å². The Labute approximate surface area is 115 Å². The Morgan fingerprint density at radius 1 is 1.42 bits per heavy atom. The van der Waals surface area contributed by atoms with Gasteiger partial charge in [-0.2, -0.15) is 0 Å². The predicted molar refractivity (Wildman–Crippen MR) is 77.4 cm³/mol. The SMILES string of the molecule is COCCN(CCO)c1ncccc1CNC(C)C. The van der Waals surface area contributed by atoms with Crippen molar-refractivity contribution in [3.8, 4) is 0 Å². The van der Waals surface area contributed by atoms with Crippen LogP contribution in [0.3, 0.4) is 0 Å². The van der Waals surface area contributed by atoms with Crippen molar-refractivity contribution in [3.05, 3.63) is 23.9 Å². The van der Waals surface area contributed by atoms with E-state index >= 15 is 0 Å². The van der Waals surface area contributed by atoms with Gasteiger partial charge in [0.2, 0.25) is 0 Å². The summed E-state index contributed by atoms with van der Waals surface area (Å²) in [7, 11) is 1.68. The molecule has 108 valence electrons. The molecule has 0 radical (unpaired) electrons. The molecular weight excluding hydrogens is 242 g/mol. The fourth-order valence-corrected chi connectivity index (χ4v) is 1.81. The molecule has 0 aromatic carbocycles. The number of methoxy groups -OCH3 is 1. The van der Waals surface area contributed by atoms with Crippen molar-refractivity contribution in [2.24, 2.45) is 0 Å². The van der Waals surface area contributed by atoms with E-state index in [2.05, 4.69) is 35.1 Å². The molecular formula is C14H25N3O2. The van der Waals surface area contributed by atoms with E-state index in [-0.39, 0.29) is 6.61 Å². The molecule has 0 bridgehead atoms. The fourth-order valence-electron chi connectivity index (χ4n) is 1.81. The smallest absolute Gasteiger partial charge is 0.133 e. The first-order valence-corrected chi connectivity index (χ1v) is 6.71. The van der Waals surface area contributed by atoms with Crippen molar-refractivity contribution in [2.45, 2.75) is 26.4 Å². The second-order valence-electron chi connectivity index (χ2n) is 4.73. The third-order valence-electron chi connectivity index (χ3n) is 2.80. The minimum Gasteiger partial charge on any atom is -0.395 e. The van der Waals surface area contributed by atoms with E-state index < -0.39 is 0 Å². The fraction of sp³-hybridized carbons (Fsp3) is 0.643. The van der Waals surface area contributed by atoms with Crippen LogP contribution < -0.4 is 10.2 Å². The molecule has 0 atom stereocenters. The highest BCUT2D eigenvalue weighted by Gasteiger charge is 2.12. The lowest BCUT2D eigenvalue weighted by Gasteiger charge is -2.25. The number of aliphatic hydroxyl groups is 1. The van der Waals surface area contributed by atoms with Gasteiger partial charge in [0.25, 0.3) is 0 Å². The minimum absolute atomic E-state index is 0.108. The van der Waals surface area contributed by atoms with Crippen molar-refractivity contribution in [3.63, 3.8) is 0 Å². The van der Waals surface area contributed by atoms with Crippen molar-refractivity contribution in [1.29, 1.82) is 0 Å². The molecule has 0 fully saturated rings.